The fraction of sp³-hybridized carbons (Fsp3) is 0.381. The van der Waals surface area contributed by atoms with Crippen molar-refractivity contribution in [3.8, 4) is 11.5 Å². The number of morpholine rings is 1. The molecule has 0 aromatic heterocycles. The molecule has 1 saturated heterocycles. The third-order valence-electron chi connectivity index (χ3n) is 5.03. The van der Waals surface area contributed by atoms with E-state index in [4.69, 9.17) is 14.2 Å². The molecule has 0 N–H and O–H groups in total. The van der Waals surface area contributed by atoms with Crippen molar-refractivity contribution in [2.45, 2.75) is 11.8 Å². The number of carbonyl (C=O) groups is 1. The average Bonchev–Trinajstić information content (AvgIpc) is 2.77. The zero-order valence-corrected chi connectivity index (χ0v) is 17.6. The zero-order valence-electron chi connectivity index (χ0n) is 16.7. The van der Waals surface area contributed by atoms with Gasteiger partial charge in [0.05, 0.1) is 23.8 Å². The number of hydrogen-bond acceptors (Lipinski definition) is 6. The Morgan fingerprint density at radius 2 is 1.73 bits per heavy atom. The molecule has 30 heavy (non-hydrogen) atoms. The van der Waals surface area contributed by atoms with Crippen molar-refractivity contribution in [2.75, 3.05) is 50.4 Å². The largest absolute Gasteiger partial charge is 0.486 e. The molecule has 2 aromatic carbocycles. The molecule has 0 saturated carbocycles. The number of ether oxygens (including phenoxy) is 3. The van der Waals surface area contributed by atoms with Gasteiger partial charge in [0.1, 0.15) is 19.8 Å². The molecule has 2 aromatic rings. The van der Waals surface area contributed by atoms with Crippen molar-refractivity contribution < 1.29 is 27.4 Å². The van der Waals surface area contributed by atoms with Gasteiger partial charge in [0.15, 0.2) is 11.5 Å². The van der Waals surface area contributed by atoms with Crippen molar-refractivity contribution in [1.29, 1.82) is 0 Å². The van der Waals surface area contributed by atoms with Crippen molar-refractivity contribution in [3.05, 3.63) is 48.0 Å². The predicted molar refractivity (Wildman–Crippen MR) is 111 cm³/mol. The fourth-order valence-corrected chi connectivity index (χ4v) is 4.87. The Morgan fingerprint density at radius 1 is 1.00 bits per heavy atom. The second-order valence-corrected chi connectivity index (χ2v) is 9.01. The molecule has 0 atom stereocenters. The topological polar surface area (TPSA) is 85.4 Å². The molecule has 0 radical (unpaired) electrons. The lowest BCUT2D eigenvalue weighted by atomic mass is 10.2. The van der Waals surface area contributed by atoms with Gasteiger partial charge in [-0.1, -0.05) is 12.1 Å². The smallest absolute Gasteiger partial charge is 0.264 e. The van der Waals surface area contributed by atoms with Crippen LogP contribution >= 0.6 is 0 Å². The zero-order chi connectivity index (χ0) is 21.1. The molecule has 0 unspecified atom stereocenters. The van der Waals surface area contributed by atoms with Crippen molar-refractivity contribution >= 4 is 21.6 Å². The van der Waals surface area contributed by atoms with Crippen LogP contribution in [0.3, 0.4) is 0 Å². The van der Waals surface area contributed by atoms with Crippen LogP contribution in [0.2, 0.25) is 0 Å². The Kier molecular flexibility index (Phi) is 5.83. The van der Waals surface area contributed by atoms with Gasteiger partial charge in [-0.25, -0.2) is 8.42 Å². The number of benzene rings is 2. The molecular weight excluding hydrogens is 408 g/mol. The molecule has 160 valence electrons. The van der Waals surface area contributed by atoms with Crippen molar-refractivity contribution in [2.24, 2.45) is 0 Å². The summed E-state index contributed by atoms with van der Waals surface area (Å²) in [6.07, 6.45) is 0. The molecule has 0 spiro atoms. The standard InChI is InChI=1S/C21H24N2O6S/c1-16-3-2-4-17(13-16)23(15-21(24)22-7-9-27-10-8-22)30(25,26)18-5-6-19-20(14-18)29-12-11-28-19/h2-6,13-14H,7-12,15H2,1H3. The molecular formula is C21H24N2O6S. The maximum atomic E-state index is 13.6. The summed E-state index contributed by atoms with van der Waals surface area (Å²) < 4.78 is 44.6. The fourth-order valence-electron chi connectivity index (χ4n) is 3.45. The lowest BCUT2D eigenvalue weighted by molar-refractivity contribution is -0.133. The van der Waals surface area contributed by atoms with Gasteiger partial charge in [0.2, 0.25) is 5.91 Å². The van der Waals surface area contributed by atoms with E-state index in [0.717, 1.165) is 9.87 Å². The average molecular weight is 432 g/mol. The molecule has 0 bridgehead atoms. The summed E-state index contributed by atoms with van der Waals surface area (Å²) in [7, 11) is -4.02. The Balaban J connectivity index is 1.69. The maximum Gasteiger partial charge on any atom is 0.264 e. The molecule has 9 heteroatoms. The van der Waals surface area contributed by atoms with E-state index in [1.54, 1.807) is 29.2 Å². The van der Waals surface area contributed by atoms with Crippen LogP contribution in [0.25, 0.3) is 0 Å². The predicted octanol–water partition coefficient (Wildman–Crippen LogP) is 1.82. The third kappa shape index (κ3) is 4.22. The van der Waals surface area contributed by atoms with E-state index >= 15 is 0 Å². The van der Waals surface area contributed by atoms with E-state index in [2.05, 4.69) is 0 Å². The van der Waals surface area contributed by atoms with E-state index in [-0.39, 0.29) is 17.3 Å². The van der Waals surface area contributed by atoms with Gasteiger partial charge in [-0.2, -0.15) is 0 Å². The minimum Gasteiger partial charge on any atom is -0.486 e. The second-order valence-electron chi connectivity index (χ2n) is 7.15. The number of sulfonamides is 1. The number of nitrogens with zero attached hydrogens (tertiary/aromatic N) is 2. The first-order valence-corrected chi connectivity index (χ1v) is 11.2. The summed E-state index contributed by atoms with van der Waals surface area (Å²) in [4.78, 5) is 14.6. The van der Waals surface area contributed by atoms with Crippen LogP contribution in [0.15, 0.2) is 47.4 Å². The van der Waals surface area contributed by atoms with Crippen molar-refractivity contribution in [1.82, 2.24) is 4.90 Å². The molecule has 2 heterocycles. The highest BCUT2D eigenvalue weighted by molar-refractivity contribution is 7.92. The highest BCUT2D eigenvalue weighted by Crippen LogP contribution is 2.34. The number of anilines is 1. The highest BCUT2D eigenvalue weighted by Gasteiger charge is 2.30. The molecule has 4 rings (SSSR count). The number of amides is 1. The molecule has 2 aliphatic heterocycles. The first-order valence-electron chi connectivity index (χ1n) is 9.80. The van der Waals surface area contributed by atoms with Gasteiger partial charge in [0, 0.05) is 19.2 Å². The van der Waals surface area contributed by atoms with Gasteiger partial charge in [-0.05, 0) is 36.8 Å². The molecule has 8 nitrogen and oxygen atoms in total. The Hall–Kier alpha value is -2.78. The molecule has 2 aliphatic rings. The minimum atomic E-state index is -4.02. The summed E-state index contributed by atoms with van der Waals surface area (Å²) >= 11 is 0. The summed E-state index contributed by atoms with van der Waals surface area (Å²) in [5.41, 5.74) is 1.33. The Morgan fingerprint density at radius 3 is 2.47 bits per heavy atom. The number of carbonyl (C=O) groups excluding carboxylic acids is 1. The summed E-state index contributed by atoms with van der Waals surface area (Å²) in [6.45, 7) is 4.16. The molecule has 1 fully saturated rings. The lowest BCUT2D eigenvalue weighted by Gasteiger charge is -2.31. The van der Waals surface area contributed by atoms with E-state index in [1.807, 2.05) is 13.0 Å². The van der Waals surface area contributed by atoms with Gasteiger partial charge in [-0.3, -0.25) is 9.10 Å². The van der Waals surface area contributed by atoms with Crippen LogP contribution in [0, 0.1) is 6.92 Å². The quantitative estimate of drug-likeness (QED) is 0.717. The van der Waals surface area contributed by atoms with E-state index in [0.29, 0.717) is 56.7 Å². The number of rotatable bonds is 5. The number of hydrogen-bond donors (Lipinski definition) is 0. The van der Waals surface area contributed by atoms with Gasteiger partial charge in [0.25, 0.3) is 10.0 Å². The van der Waals surface area contributed by atoms with Crippen molar-refractivity contribution in [3.63, 3.8) is 0 Å². The minimum absolute atomic E-state index is 0.0445. The highest BCUT2D eigenvalue weighted by atomic mass is 32.2. The van der Waals surface area contributed by atoms with Crippen LogP contribution in [0.4, 0.5) is 5.69 Å². The lowest BCUT2D eigenvalue weighted by Crippen LogP contribution is -2.47. The van der Waals surface area contributed by atoms with Crippen LogP contribution in [0.1, 0.15) is 5.56 Å². The molecule has 0 aliphatic carbocycles. The van der Waals surface area contributed by atoms with E-state index in [9.17, 15) is 13.2 Å². The van der Waals surface area contributed by atoms with E-state index in [1.165, 1.54) is 12.1 Å². The normalized spacial score (nSPS) is 16.2. The Bertz CT molecular complexity index is 1030. The summed E-state index contributed by atoms with van der Waals surface area (Å²) in [6, 6.07) is 11.6. The number of aryl methyl sites for hydroxylation is 1. The maximum absolute atomic E-state index is 13.6. The van der Waals surface area contributed by atoms with E-state index < -0.39 is 10.0 Å². The van der Waals surface area contributed by atoms with Gasteiger partial charge >= 0.3 is 0 Å². The first kappa shape index (κ1) is 20.5. The monoisotopic (exact) mass is 432 g/mol. The second kappa shape index (κ2) is 8.53. The summed E-state index contributed by atoms with van der Waals surface area (Å²) in [5, 5.41) is 0. The summed E-state index contributed by atoms with van der Waals surface area (Å²) in [5.74, 6) is 0.624. The molecule has 1 amide bonds. The van der Waals surface area contributed by atoms with Gasteiger partial charge < -0.3 is 19.1 Å². The number of fused-ring (bicyclic) bond motifs is 1. The Labute approximate surface area is 176 Å². The van der Waals surface area contributed by atoms with Gasteiger partial charge in [-0.15, -0.1) is 0 Å². The van der Waals surface area contributed by atoms with Crippen LogP contribution in [-0.2, 0) is 19.6 Å². The van der Waals surface area contributed by atoms with Crippen LogP contribution in [-0.4, -0.2) is 65.3 Å². The third-order valence-corrected chi connectivity index (χ3v) is 6.80. The first-order chi connectivity index (χ1) is 14.4. The van der Waals surface area contributed by atoms with Crippen LogP contribution in [0.5, 0.6) is 11.5 Å². The SMILES string of the molecule is Cc1cccc(N(CC(=O)N2CCOCC2)S(=O)(=O)c2ccc3c(c2)OCCO3)c1. The van der Waals surface area contributed by atoms with Crippen LogP contribution < -0.4 is 13.8 Å².